The first-order valence-electron chi connectivity index (χ1n) is 6.28. The van der Waals surface area contributed by atoms with Crippen molar-refractivity contribution >= 4 is 15.9 Å². The second-order valence-electron chi connectivity index (χ2n) is 4.61. The quantitative estimate of drug-likeness (QED) is 0.800. The number of rotatable bonds is 6. The van der Waals surface area contributed by atoms with Crippen molar-refractivity contribution in [2.75, 3.05) is 20.7 Å². The Morgan fingerprint density at radius 2 is 2.00 bits per heavy atom. The van der Waals surface area contributed by atoms with E-state index in [1.807, 2.05) is 6.92 Å². The molecule has 0 heterocycles. The number of carbonyl (C=O) groups excluding carboxylic acids is 1. The first kappa shape index (κ1) is 16.5. The number of unbranched alkanes of at least 4 members (excludes halogenated alkanes) is 1. The predicted octanol–water partition coefficient (Wildman–Crippen LogP) is 1.21. The summed E-state index contributed by atoms with van der Waals surface area (Å²) in [5.41, 5.74) is 0.252. The van der Waals surface area contributed by atoms with Gasteiger partial charge in [0.25, 0.3) is 5.91 Å². The Bertz CT molecular complexity index is 582. The second-order valence-corrected chi connectivity index (χ2v) is 6.14. The van der Waals surface area contributed by atoms with E-state index in [1.165, 1.54) is 23.1 Å². The largest absolute Gasteiger partial charge is 0.492 e. The van der Waals surface area contributed by atoms with Crippen molar-refractivity contribution in [3.05, 3.63) is 23.8 Å². The number of ether oxygens (including phenoxy) is 1. The van der Waals surface area contributed by atoms with Gasteiger partial charge in [-0.15, -0.1) is 0 Å². The van der Waals surface area contributed by atoms with Gasteiger partial charge in [0.05, 0.1) is 6.61 Å². The molecule has 20 heavy (non-hydrogen) atoms. The van der Waals surface area contributed by atoms with E-state index < -0.39 is 10.0 Å². The molecule has 0 saturated heterocycles. The Kier molecular flexibility index (Phi) is 5.52. The maximum atomic E-state index is 11.8. The van der Waals surface area contributed by atoms with Crippen molar-refractivity contribution in [3.63, 3.8) is 0 Å². The molecule has 0 radical (unpaired) electrons. The number of primary sulfonamides is 1. The minimum Gasteiger partial charge on any atom is -0.492 e. The smallest absolute Gasteiger partial charge is 0.253 e. The van der Waals surface area contributed by atoms with Crippen LogP contribution in [0.15, 0.2) is 23.1 Å². The van der Waals surface area contributed by atoms with Gasteiger partial charge in [-0.3, -0.25) is 4.79 Å². The Morgan fingerprint density at radius 3 is 2.50 bits per heavy atom. The molecule has 0 spiro atoms. The summed E-state index contributed by atoms with van der Waals surface area (Å²) in [5.74, 6) is -0.119. The lowest BCUT2D eigenvalue weighted by atomic mass is 10.2. The zero-order chi connectivity index (χ0) is 15.3. The maximum absolute atomic E-state index is 11.8. The Hall–Kier alpha value is -1.60. The fourth-order valence-corrected chi connectivity index (χ4v) is 2.27. The third-order valence-corrected chi connectivity index (χ3v) is 3.59. The van der Waals surface area contributed by atoms with Crippen LogP contribution in [0, 0.1) is 0 Å². The summed E-state index contributed by atoms with van der Waals surface area (Å²) in [6.45, 7) is 2.41. The highest BCUT2D eigenvalue weighted by molar-refractivity contribution is 7.89. The van der Waals surface area contributed by atoms with E-state index in [-0.39, 0.29) is 22.1 Å². The van der Waals surface area contributed by atoms with Gasteiger partial charge in [-0.2, -0.15) is 0 Å². The monoisotopic (exact) mass is 300 g/mol. The molecule has 0 unspecified atom stereocenters. The van der Waals surface area contributed by atoms with Gasteiger partial charge in [0.2, 0.25) is 10.0 Å². The molecule has 0 bridgehead atoms. The van der Waals surface area contributed by atoms with Crippen LogP contribution in [0.2, 0.25) is 0 Å². The van der Waals surface area contributed by atoms with Crippen LogP contribution in [0.4, 0.5) is 0 Å². The molecule has 1 aromatic rings. The molecular formula is C13H20N2O4S. The SMILES string of the molecule is CCCCOc1ccc(C(=O)N(C)C)cc1S(N)(=O)=O. The van der Waals surface area contributed by atoms with E-state index in [4.69, 9.17) is 9.88 Å². The zero-order valence-corrected chi connectivity index (χ0v) is 12.7. The molecule has 0 aliphatic rings. The molecule has 7 heteroatoms. The minimum absolute atomic E-state index is 0.165. The molecule has 1 aromatic carbocycles. The van der Waals surface area contributed by atoms with Crippen molar-refractivity contribution in [2.24, 2.45) is 5.14 Å². The number of hydrogen-bond donors (Lipinski definition) is 1. The molecule has 0 aliphatic carbocycles. The topological polar surface area (TPSA) is 89.7 Å². The van der Waals surface area contributed by atoms with Crippen molar-refractivity contribution in [3.8, 4) is 5.75 Å². The van der Waals surface area contributed by atoms with Crippen LogP contribution in [-0.4, -0.2) is 39.9 Å². The average molecular weight is 300 g/mol. The van der Waals surface area contributed by atoms with Crippen molar-refractivity contribution in [1.82, 2.24) is 4.90 Å². The standard InChI is InChI=1S/C13H20N2O4S/c1-4-5-8-19-11-7-6-10(13(16)15(2)3)9-12(11)20(14,17)18/h6-7,9H,4-5,8H2,1-3H3,(H2,14,17,18). The fourth-order valence-electron chi connectivity index (χ4n) is 1.57. The maximum Gasteiger partial charge on any atom is 0.253 e. The molecular weight excluding hydrogens is 280 g/mol. The number of benzene rings is 1. The average Bonchev–Trinajstić information content (AvgIpc) is 2.37. The van der Waals surface area contributed by atoms with E-state index in [2.05, 4.69) is 0 Å². The number of sulfonamides is 1. The van der Waals surface area contributed by atoms with Crippen LogP contribution in [0.1, 0.15) is 30.1 Å². The lowest BCUT2D eigenvalue weighted by Gasteiger charge is -2.14. The van der Waals surface area contributed by atoms with E-state index in [0.717, 1.165) is 12.8 Å². The zero-order valence-electron chi connectivity index (χ0n) is 11.9. The molecule has 1 amide bonds. The number of nitrogens with two attached hydrogens (primary N) is 1. The van der Waals surface area contributed by atoms with Crippen molar-refractivity contribution in [1.29, 1.82) is 0 Å². The van der Waals surface area contributed by atoms with E-state index >= 15 is 0 Å². The van der Waals surface area contributed by atoms with Crippen molar-refractivity contribution in [2.45, 2.75) is 24.7 Å². The number of nitrogens with zero attached hydrogens (tertiary/aromatic N) is 1. The molecule has 112 valence electrons. The second kappa shape index (κ2) is 6.71. The van der Waals surface area contributed by atoms with E-state index in [0.29, 0.717) is 6.61 Å². The molecule has 6 nitrogen and oxygen atoms in total. The van der Waals surface area contributed by atoms with Crippen LogP contribution >= 0.6 is 0 Å². The minimum atomic E-state index is -3.95. The summed E-state index contributed by atoms with van der Waals surface area (Å²) in [6, 6.07) is 4.24. The highest BCUT2D eigenvalue weighted by Crippen LogP contribution is 2.25. The predicted molar refractivity (Wildman–Crippen MR) is 76.2 cm³/mol. The summed E-state index contributed by atoms with van der Waals surface area (Å²) >= 11 is 0. The fraction of sp³-hybridized carbons (Fsp3) is 0.462. The molecule has 0 aliphatic heterocycles. The lowest BCUT2D eigenvalue weighted by Crippen LogP contribution is -2.22. The molecule has 0 atom stereocenters. The third-order valence-electron chi connectivity index (χ3n) is 2.66. The van der Waals surface area contributed by atoms with E-state index in [1.54, 1.807) is 14.1 Å². The summed E-state index contributed by atoms with van der Waals surface area (Å²) < 4.78 is 28.6. The third kappa shape index (κ3) is 4.21. The number of hydrogen-bond acceptors (Lipinski definition) is 4. The van der Waals surface area contributed by atoms with Crippen LogP contribution < -0.4 is 9.88 Å². The van der Waals surface area contributed by atoms with Gasteiger partial charge in [-0.1, -0.05) is 13.3 Å². The Labute approximate surface area is 119 Å². The molecule has 0 aromatic heterocycles. The Morgan fingerprint density at radius 1 is 1.35 bits per heavy atom. The van der Waals surface area contributed by atoms with Crippen molar-refractivity contribution < 1.29 is 17.9 Å². The van der Waals surface area contributed by atoms with Gasteiger partial charge in [0.15, 0.2) is 0 Å². The van der Waals surface area contributed by atoms with Gasteiger partial charge in [-0.05, 0) is 24.6 Å². The van der Waals surface area contributed by atoms with Gasteiger partial charge >= 0.3 is 0 Å². The van der Waals surface area contributed by atoms with Crippen LogP contribution in [0.25, 0.3) is 0 Å². The van der Waals surface area contributed by atoms with Gasteiger partial charge in [-0.25, -0.2) is 13.6 Å². The highest BCUT2D eigenvalue weighted by atomic mass is 32.2. The molecule has 0 fully saturated rings. The highest BCUT2D eigenvalue weighted by Gasteiger charge is 2.19. The molecule has 0 saturated carbocycles. The summed E-state index contributed by atoms with van der Waals surface area (Å²) in [4.78, 5) is 13.0. The van der Waals surface area contributed by atoms with Gasteiger partial charge in [0.1, 0.15) is 10.6 Å². The van der Waals surface area contributed by atoms with Crippen LogP contribution in [0.3, 0.4) is 0 Å². The van der Waals surface area contributed by atoms with Crippen LogP contribution in [0.5, 0.6) is 5.75 Å². The molecule has 1 rings (SSSR count). The molecule has 2 N–H and O–H groups in total. The number of carbonyl (C=O) groups is 1. The van der Waals surface area contributed by atoms with Gasteiger partial charge < -0.3 is 9.64 Å². The Balaban J connectivity index is 3.17. The first-order chi connectivity index (χ1) is 9.27. The summed E-state index contributed by atoms with van der Waals surface area (Å²) in [7, 11) is -0.772. The normalized spacial score (nSPS) is 11.2. The summed E-state index contributed by atoms with van der Waals surface area (Å²) in [6.07, 6.45) is 1.74. The van der Waals surface area contributed by atoms with Crippen LogP contribution in [-0.2, 0) is 10.0 Å². The van der Waals surface area contributed by atoms with Gasteiger partial charge in [0, 0.05) is 19.7 Å². The van der Waals surface area contributed by atoms with E-state index in [9.17, 15) is 13.2 Å². The first-order valence-corrected chi connectivity index (χ1v) is 7.83. The lowest BCUT2D eigenvalue weighted by molar-refractivity contribution is 0.0827. The number of amides is 1. The summed E-state index contributed by atoms with van der Waals surface area (Å²) in [5, 5.41) is 5.17.